The molecule has 4 N–H and O–H groups in total. The van der Waals surface area contributed by atoms with Gasteiger partial charge in [0, 0.05) is 24.5 Å². The van der Waals surface area contributed by atoms with Crippen molar-refractivity contribution in [1.82, 2.24) is 9.80 Å². The largest absolute Gasteiger partial charge is 0.399 e. The Kier molecular flexibility index (Phi) is 13.1. The van der Waals surface area contributed by atoms with E-state index in [1.54, 1.807) is 0 Å². The highest BCUT2D eigenvalue weighted by atomic mass is 15.1. The van der Waals surface area contributed by atoms with Crippen molar-refractivity contribution in [2.45, 2.75) is 65.5 Å². The van der Waals surface area contributed by atoms with Gasteiger partial charge in [0.2, 0.25) is 0 Å². The van der Waals surface area contributed by atoms with E-state index in [1.165, 1.54) is 80.4 Å². The lowest BCUT2D eigenvalue weighted by molar-refractivity contribution is 0.187. The predicted molar refractivity (Wildman–Crippen MR) is 170 cm³/mol. The first kappa shape index (κ1) is 30.5. The zero-order valence-electron chi connectivity index (χ0n) is 24.3. The SMILES string of the molecule is C=CCCC1CCN(CC)CC1.Cc1ccc2c(c1)CN(Cc1ccc(N)cc1)CCC2.Nc1ccccc1. The molecule has 0 amide bonds. The van der Waals surface area contributed by atoms with Crippen LogP contribution in [0.15, 0.2) is 85.5 Å². The third kappa shape index (κ3) is 11.3. The number of allylic oxidation sites excluding steroid dienone is 1. The third-order valence-corrected chi connectivity index (χ3v) is 7.80. The lowest BCUT2D eigenvalue weighted by Gasteiger charge is -2.30. The molecule has 0 radical (unpaired) electrons. The van der Waals surface area contributed by atoms with E-state index in [0.29, 0.717) is 0 Å². The fraction of sp³-hybridized carbons (Fsp3) is 0.429. The van der Waals surface area contributed by atoms with Crippen LogP contribution in [0.25, 0.3) is 0 Å². The lowest BCUT2D eigenvalue weighted by Crippen LogP contribution is -2.33. The Morgan fingerprint density at radius 3 is 2.15 bits per heavy atom. The number of hydrogen-bond donors (Lipinski definition) is 2. The van der Waals surface area contributed by atoms with Gasteiger partial charge >= 0.3 is 0 Å². The third-order valence-electron chi connectivity index (χ3n) is 7.80. The zero-order valence-corrected chi connectivity index (χ0v) is 24.3. The summed E-state index contributed by atoms with van der Waals surface area (Å²) in [6, 6.07) is 24.6. The minimum absolute atomic E-state index is 0.822. The number of para-hydroxylation sites is 1. The lowest BCUT2D eigenvalue weighted by atomic mass is 9.92. The van der Waals surface area contributed by atoms with Gasteiger partial charge in [-0.1, -0.05) is 67.1 Å². The van der Waals surface area contributed by atoms with E-state index in [4.69, 9.17) is 11.5 Å². The molecule has 3 aromatic rings. The second kappa shape index (κ2) is 16.8. The molecule has 0 unspecified atom stereocenters. The molecule has 0 aromatic heterocycles. The summed E-state index contributed by atoms with van der Waals surface area (Å²) in [5, 5.41) is 0. The van der Waals surface area contributed by atoms with E-state index in [2.05, 4.69) is 60.6 Å². The van der Waals surface area contributed by atoms with Crippen molar-refractivity contribution in [3.63, 3.8) is 0 Å². The van der Waals surface area contributed by atoms with E-state index < -0.39 is 0 Å². The van der Waals surface area contributed by atoms with Gasteiger partial charge in [-0.25, -0.2) is 0 Å². The fourth-order valence-electron chi connectivity index (χ4n) is 5.37. The predicted octanol–water partition coefficient (Wildman–Crippen LogP) is 7.48. The highest BCUT2D eigenvalue weighted by Gasteiger charge is 2.17. The second-order valence-corrected chi connectivity index (χ2v) is 11.0. The number of nitrogen functional groups attached to an aromatic ring is 2. The first-order chi connectivity index (χ1) is 19.0. The van der Waals surface area contributed by atoms with E-state index in [9.17, 15) is 0 Å². The molecule has 2 aliphatic heterocycles. The molecule has 1 saturated heterocycles. The number of piperidine rings is 1. The summed E-state index contributed by atoms with van der Waals surface area (Å²) >= 11 is 0. The van der Waals surface area contributed by atoms with Crippen LogP contribution in [-0.4, -0.2) is 36.0 Å². The summed E-state index contributed by atoms with van der Waals surface area (Å²) < 4.78 is 0. The summed E-state index contributed by atoms with van der Waals surface area (Å²) in [5.41, 5.74) is 18.5. The first-order valence-electron chi connectivity index (χ1n) is 14.8. The molecule has 210 valence electrons. The van der Waals surface area contributed by atoms with E-state index in [-0.39, 0.29) is 0 Å². The van der Waals surface area contributed by atoms with Crippen molar-refractivity contribution in [3.05, 3.63) is 108 Å². The van der Waals surface area contributed by atoms with E-state index in [1.807, 2.05) is 48.5 Å². The van der Waals surface area contributed by atoms with Crippen LogP contribution in [0.1, 0.15) is 61.3 Å². The average molecular weight is 527 g/mol. The van der Waals surface area contributed by atoms with Crippen molar-refractivity contribution in [2.75, 3.05) is 37.6 Å². The number of likely N-dealkylation sites (tertiary alicyclic amines) is 1. The van der Waals surface area contributed by atoms with Gasteiger partial charge in [-0.05, 0) is 119 Å². The summed E-state index contributed by atoms with van der Waals surface area (Å²) in [6.45, 7) is 15.3. The molecule has 0 aliphatic carbocycles. The first-order valence-corrected chi connectivity index (χ1v) is 14.8. The summed E-state index contributed by atoms with van der Waals surface area (Å²) in [5.74, 6) is 0.978. The van der Waals surface area contributed by atoms with Crippen LogP contribution in [0.5, 0.6) is 0 Å². The molecule has 3 aromatic carbocycles. The zero-order chi connectivity index (χ0) is 27.9. The van der Waals surface area contributed by atoms with Crippen LogP contribution in [0, 0.1) is 12.8 Å². The Balaban J connectivity index is 0.000000187. The fourth-order valence-corrected chi connectivity index (χ4v) is 5.37. The number of nitrogens with zero attached hydrogens (tertiary/aromatic N) is 2. The number of rotatable bonds is 6. The Morgan fingerprint density at radius 2 is 1.54 bits per heavy atom. The molecular formula is C35H50N4. The maximum Gasteiger partial charge on any atom is 0.0314 e. The molecule has 0 bridgehead atoms. The number of benzene rings is 3. The minimum atomic E-state index is 0.822. The van der Waals surface area contributed by atoms with Crippen LogP contribution >= 0.6 is 0 Å². The molecule has 4 heteroatoms. The summed E-state index contributed by atoms with van der Waals surface area (Å²) in [6.07, 6.45) is 9.87. The standard InChI is InChI=1S/C18H22N2.C11H21N.C6H7N/c1-14-4-7-16-3-2-10-20(13-17(16)11-14)12-15-5-8-18(19)9-6-15;1-3-5-6-11-7-9-12(4-2)10-8-11;7-6-4-2-1-3-5-6/h4-9,11H,2-3,10,12-13,19H2,1H3;3,11H,1,4-10H2,2H3;1-5H,7H2. The topological polar surface area (TPSA) is 58.5 Å². The molecule has 1 fully saturated rings. The van der Waals surface area contributed by atoms with Crippen molar-refractivity contribution >= 4 is 11.4 Å². The second-order valence-electron chi connectivity index (χ2n) is 11.0. The molecule has 5 rings (SSSR count). The Labute approximate surface area is 237 Å². The van der Waals surface area contributed by atoms with Crippen molar-refractivity contribution < 1.29 is 0 Å². The van der Waals surface area contributed by atoms with Gasteiger partial charge in [0.15, 0.2) is 0 Å². The summed E-state index contributed by atoms with van der Waals surface area (Å²) in [7, 11) is 0. The van der Waals surface area contributed by atoms with Gasteiger partial charge in [-0.3, -0.25) is 4.90 Å². The highest BCUT2D eigenvalue weighted by Crippen LogP contribution is 2.22. The number of fused-ring (bicyclic) bond motifs is 1. The van der Waals surface area contributed by atoms with Crippen LogP contribution in [0.2, 0.25) is 0 Å². The number of nitrogens with two attached hydrogens (primary N) is 2. The molecule has 39 heavy (non-hydrogen) atoms. The van der Waals surface area contributed by atoms with Gasteiger partial charge in [0.1, 0.15) is 0 Å². The molecule has 0 spiro atoms. The Bertz CT molecular complexity index is 1090. The molecular weight excluding hydrogens is 476 g/mol. The van der Waals surface area contributed by atoms with Crippen molar-refractivity contribution in [2.24, 2.45) is 5.92 Å². The van der Waals surface area contributed by atoms with Gasteiger partial charge in [0.05, 0.1) is 0 Å². The monoisotopic (exact) mass is 526 g/mol. The normalized spacial score (nSPS) is 16.1. The van der Waals surface area contributed by atoms with E-state index >= 15 is 0 Å². The van der Waals surface area contributed by atoms with E-state index in [0.717, 1.165) is 36.9 Å². The smallest absolute Gasteiger partial charge is 0.0314 e. The minimum Gasteiger partial charge on any atom is -0.399 e. The maximum absolute atomic E-state index is 5.75. The molecule has 2 heterocycles. The quantitative estimate of drug-likeness (QED) is 0.258. The van der Waals surface area contributed by atoms with Gasteiger partial charge in [0.25, 0.3) is 0 Å². The van der Waals surface area contributed by atoms with Gasteiger partial charge in [-0.2, -0.15) is 0 Å². The molecule has 0 atom stereocenters. The van der Waals surface area contributed by atoms with Gasteiger partial charge in [-0.15, -0.1) is 6.58 Å². The summed E-state index contributed by atoms with van der Waals surface area (Å²) in [4.78, 5) is 5.08. The van der Waals surface area contributed by atoms with Crippen LogP contribution in [-0.2, 0) is 19.5 Å². The van der Waals surface area contributed by atoms with Crippen molar-refractivity contribution in [3.8, 4) is 0 Å². The van der Waals surface area contributed by atoms with Crippen LogP contribution in [0.4, 0.5) is 11.4 Å². The molecule has 0 saturated carbocycles. The number of aryl methyl sites for hydroxylation is 2. The van der Waals surface area contributed by atoms with Crippen LogP contribution < -0.4 is 11.5 Å². The number of anilines is 2. The van der Waals surface area contributed by atoms with Crippen molar-refractivity contribution in [1.29, 1.82) is 0 Å². The average Bonchev–Trinajstić information content (AvgIpc) is 3.15. The highest BCUT2D eigenvalue weighted by molar-refractivity contribution is 5.39. The van der Waals surface area contributed by atoms with Gasteiger partial charge < -0.3 is 16.4 Å². The van der Waals surface area contributed by atoms with Crippen LogP contribution in [0.3, 0.4) is 0 Å². The Hall–Kier alpha value is -3.08. The Morgan fingerprint density at radius 1 is 0.846 bits per heavy atom. The molecule has 4 nitrogen and oxygen atoms in total. The molecule has 2 aliphatic rings. The number of hydrogen-bond acceptors (Lipinski definition) is 4. The maximum atomic E-state index is 5.75.